The first-order valence-electron chi connectivity index (χ1n) is 12.4. The van der Waals surface area contributed by atoms with Crippen LogP contribution in [0, 0.1) is 5.41 Å². The Bertz CT molecular complexity index is 1220. The number of esters is 1. The number of benzene rings is 2. The number of hydrogen-bond donors (Lipinski definition) is 3. The molecule has 0 spiro atoms. The Kier molecular flexibility index (Phi) is 10.5. The van der Waals surface area contributed by atoms with Crippen LogP contribution in [0.4, 0.5) is 5.69 Å². The van der Waals surface area contributed by atoms with E-state index >= 15 is 0 Å². The fraction of sp³-hybridized carbons (Fsp3) is 0.429. The average Bonchev–Trinajstić information content (AvgIpc) is 3.15. The van der Waals surface area contributed by atoms with Crippen LogP contribution in [0.1, 0.15) is 72.0 Å². The highest BCUT2D eigenvalue weighted by atomic mass is 79.9. The number of amidine groups is 1. The number of anilines is 1. The van der Waals surface area contributed by atoms with Crippen molar-refractivity contribution in [1.29, 1.82) is 5.41 Å². The Balaban J connectivity index is 0.00000507. The van der Waals surface area contributed by atoms with Gasteiger partial charge in [0.25, 0.3) is 5.91 Å². The Morgan fingerprint density at radius 2 is 1.79 bits per heavy atom. The van der Waals surface area contributed by atoms with Crippen LogP contribution >= 0.6 is 17.0 Å². The molecule has 0 saturated heterocycles. The molecule has 1 amide bonds. The van der Waals surface area contributed by atoms with E-state index in [0.717, 1.165) is 16.8 Å². The number of hydrogen-bond acceptors (Lipinski definition) is 7. The van der Waals surface area contributed by atoms with Gasteiger partial charge in [-0.15, -0.1) is 17.0 Å². The number of ketones is 1. The molecule has 0 saturated carbocycles. The number of ether oxygens (including phenoxy) is 2. The van der Waals surface area contributed by atoms with E-state index in [1.165, 1.54) is 0 Å². The number of fused-ring (bicyclic) bond motifs is 1. The maximum absolute atomic E-state index is 13.3. The highest BCUT2D eigenvalue weighted by molar-refractivity contribution is 8.93. The van der Waals surface area contributed by atoms with E-state index in [9.17, 15) is 14.4 Å². The molecule has 1 heterocycles. The Morgan fingerprint density at radius 3 is 2.39 bits per heavy atom. The second kappa shape index (κ2) is 12.9. The van der Waals surface area contributed by atoms with Gasteiger partial charge in [0.05, 0.1) is 25.3 Å². The van der Waals surface area contributed by atoms with Crippen molar-refractivity contribution in [3.8, 4) is 5.75 Å². The van der Waals surface area contributed by atoms with Gasteiger partial charge in [-0.2, -0.15) is 0 Å². The van der Waals surface area contributed by atoms with Gasteiger partial charge in [-0.25, -0.2) is 0 Å². The third-order valence-electron chi connectivity index (χ3n) is 6.12. The molecule has 0 atom stereocenters. The summed E-state index contributed by atoms with van der Waals surface area (Å²) in [5.74, 6) is -0.110. The fourth-order valence-electron chi connectivity index (χ4n) is 4.29. The lowest BCUT2D eigenvalue weighted by Crippen LogP contribution is -2.30. The van der Waals surface area contributed by atoms with E-state index in [2.05, 4.69) is 10.6 Å². The van der Waals surface area contributed by atoms with Gasteiger partial charge in [-0.1, -0.05) is 20.8 Å². The predicted molar refractivity (Wildman–Crippen MR) is 153 cm³/mol. The lowest BCUT2D eigenvalue weighted by molar-refractivity contribution is -0.140. The van der Waals surface area contributed by atoms with E-state index in [-0.39, 0.29) is 59.0 Å². The van der Waals surface area contributed by atoms with Gasteiger partial charge in [0.15, 0.2) is 5.78 Å². The minimum atomic E-state index is -0.346. The third kappa shape index (κ3) is 6.92. The summed E-state index contributed by atoms with van der Waals surface area (Å²) in [7, 11) is 1.55. The number of rotatable bonds is 10. The molecule has 0 fully saturated rings. The summed E-state index contributed by atoms with van der Waals surface area (Å²) in [6.07, 6.45) is 0. The van der Waals surface area contributed by atoms with Gasteiger partial charge in [0.2, 0.25) is 0 Å². The molecule has 9 nitrogen and oxygen atoms in total. The first-order chi connectivity index (χ1) is 17.5. The molecule has 1 aliphatic rings. The zero-order valence-electron chi connectivity index (χ0n) is 22.8. The highest BCUT2D eigenvalue weighted by Gasteiger charge is 2.30. The summed E-state index contributed by atoms with van der Waals surface area (Å²) in [6.45, 7) is 10.9. The van der Waals surface area contributed by atoms with Gasteiger partial charge in [0, 0.05) is 30.4 Å². The van der Waals surface area contributed by atoms with Crippen molar-refractivity contribution in [2.24, 2.45) is 0 Å². The van der Waals surface area contributed by atoms with Gasteiger partial charge in [0.1, 0.15) is 18.1 Å². The number of carbonyl (C=O) groups is 3. The molecular weight excluding hydrogens is 552 g/mol. The van der Waals surface area contributed by atoms with E-state index in [1.54, 1.807) is 43.1 Å². The van der Waals surface area contributed by atoms with Gasteiger partial charge in [-0.05, 0) is 60.7 Å². The van der Waals surface area contributed by atoms with Gasteiger partial charge < -0.3 is 25.0 Å². The van der Waals surface area contributed by atoms with Crippen molar-refractivity contribution < 1.29 is 23.9 Å². The summed E-state index contributed by atoms with van der Waals surface area (Å²) in [5.41, 5.74) is 3.72. The van der Waals surface area contributed by atoms with Crippen molar-refractivity contribution >= 4 is 46.2 Å². The van der Waals surface area contributed by atoms with Crippen LogP contribution in [0.2, 0.25) is 0 Å². The van der Waals surface area contributed by atoms with E-state index < -0.39 is 0 Å². The lowest BCUT2D eigenvalue weighted by atomic mass is 9.84. The standard InChI is InChI=1S/C28H36N4O5.BrH/c1-7-36-24-12-18-15-32(26(29)19(18)13-20(24)27(35)30-6)16-23(33)17-9-10-22(21(11-17)28(3,4)5)31-14-25(34)37-8-2;/h9-13,29,31H,7-8,14-16H2,1-6H3,(H,30,35);1H. The zero-order chi connectivity index (χ0) is 27.3. The fourth-order valence-corrected chi connectivity index (χ4v) is 4.29. The largest absolute Gasteiger partial charge is 0.493 e. The molecule has 0 unspecified atom stereocenters. The molecule has 0 aromatic heterocycles. The molecule has 3 N–H and O–H groups in total. The highest BCUT2D eigenvalue weighted by Crippen LogP contribution is 2.33. The maximum Gasteiger partial charge on any atom is 0.325 e. The first-order valence-corrected chi connectivity index (χ1v) is 12.4. The van der Waals surface area contributed by atoms with Crippen molar-refractivity contribution in [2.45, 2.75) is 46.6 Å². The molecule has 2 aromatic rings. The zero-order valence-corrected chi connectivity index (χ0v) is 24.5. The Hall–Kier alpha value is -3.40. The molecule has 38 heavy (non-hydrogen) atoms. The third-order valence-corrected chi connectivity index (χ3v) is 6.12. The number of halogens is 1. The minimum absolute atomic E-state index is 0. The van der Waals surface area contributed by atoms with Crippen LogP contribution in [0.3, 0.4) is 0 Å². The van der Waals surface area contributed by atoms with Crippen LogP contribution in [-0.4, -0.2) is 61.7 Å². The first kappa shape index (κ1) is 30.8. The van der Waals surface area contributed by atoms with Crippen LogP contribution in [-0.2, 0) is 21.5 Å². The normalized spacial score (nSPS) is 12.4. The summed E-state index contributed by atoms with van der Waals surface area (Å²) in [6, 6.07) is 8.83. The second-order valence-electron chi connectivity index (χ2n) is 9.81. The number of nitrogens with one attached hydrogen (secondary N) is 3. The lowest BCUT2D eigenvalue weighted by Gasteiger charge is -2.25. The second-order valence-corrected chi connectivity index (χ2v) is 9.81. The van der Waals surface area contributed by atoms with Crippen LogP contribution < -0.4 is 15.4 Å². The molecule has 2 aromatic carbocycles. The van der Waals surface area contributed by atoms with Crippen molar-refractivity contribution in [1.82, 2.24) is 10.2 Å². The van der Waals surface area contributed by atoms with E-state index in [0.29, 0.717) is 42.2 Å². The summed E-state index contributed by atoms with van der Waals surface area (Å²) < 4.78 is 10.7. The average molecular weight is 590 g/mol. The van der Waals surface area contributed by atoms with Gasteiger partial charge >= 0.3 is 5.97 Å². The topological polar surface area (TPSA) is 121 Å². The quantitative estimate of drug-likeness (QED) is 0.279. The minimum Gasteiger partial charge on any atom is -0.493 e. The SMILES string of the molecule is Br.CCOC(=O)CNc1ccc(C(=O)CN2Cc3cc(OCC)c(C(=O)NC)cc3C2=N)cc1C(C)(C)C. The molecule has 1 aliphatic heterocycles. The summed E-state index contributed by atoms with van der Waals surface area (Å²) >= 11 is 0. The molecule has 0 radical (unpaired) electrons. The number of amides is 1. The van der Waals surface area contributed by atoms with Crippen molar-refractivity contribution in [2.75, 3.05) is 38.7 Å². The molecule has 206 valence electrons. The molecule has 0 bridgehead atoms. The predicted octanol–water partition coefficient (Wildman–Crippen LogP) is 4.32. The number of nitrogens with zero attached hydrogens (tertiary/aromatic N) is 1. The molecule has 0 aliphatic carbocycles. The van der Waals surface area contributed by atoms with Gasteiger partial charge in [-0.3, -0.25) is 19.8 Å². The van der Waals surface area contributed by atoms with Crippen molar-refractivity contribution in [3.05, 3.63) is 58.1 Å². The van der Waals surface area contributed by atoms with Crippen LogP contribution in [0.25, 0.3) is 0 Å². The maximum atomic E-state index is 13.3. The van der Waals surface area contributed by atoms with Crippen LogP contribution in [0.5, 0.6) is 5.75 Å². The smallest absolute Gasteiger partial charge is 0.325 e. The van der Waals surface area contributed by atoms with E-state index in [4.69, 9.17) is 14.9 Å². The Labute approximate surface area is 234 Å². The molecule has 3 rings (SSSR count). The number of Topliss-reactive ketones (excluding diaryl/α,β-unsaturated/α-hetero) is 1. The number of carbonyl (C=O) groups excluding carboxylic acids is 3. The summed E-state index contributed by atoms with van der Waals surface area (Å²) in [4.78, 5) is 39.2. The Morgan fingerprint density at radius 1 is 1.08 bits per heavy atom. The van der Waals surface area contributed by atoms with Crippen LogP contribution in [0.15, 0.2) is 30.3 Å². The molecule has 10 heteroatoms. The summed E-state index contributed by atoms with van der Waals surface area (Å²) in [5, 5.41) is 14.4. The van der Waals surface area contributed by atoms with Crippen molar-refractivity contribution in [3.63, 3.8) is 0 Å². The van der Waals surface area contributed by atoms with E-state index in [1.807, 2.05) is 33.8 Å². The molecular formula is C28H37BrN4O5. The monoisotopic (exact) mass is 588 g/mol.